The molecule has 0 aliphatic carbocycles. The molecule has 0 heterocycles. The van der Waals surface area contributed by atoms with E-state index in [9.17, 15) is 4.57 Å². The average Bonchev–Trinajstić information content (AvgIpc) is 2.19. The van der Waals surface area contributed by atoms with E-state index in [0.717, 1.165) is 0 Å². The van der Waals surface area contributed by atoms with Crippen LogP contribution in [0.2, 0.25) is 0 Å². The first-order valence-electron chi connectivity index (χ1n) is 4.53. The largest absolute Gasteiger partial charge is 0.515 e. The lowest BCUT2D eigenvalue weighted by Gasteiger charge is -2.18. The summed E-state index contributed by atoms with van der Waals surface area (Å²) in [5.74, 6) is 0. The highest BCUT2D eigenvalue weighted by Gasteiger charge is 2.30. The lowest BCUT2D eigenvalue weighted by atomic mass is 10.7. The van der Waals surface area contributed by atoms with Gasteiger partial charge < -0.3 is 14.2 Å². The molecule has 0 saturated carbocycles. The average molecular weight is 240 g/mol. The van der Waals surface area contributed by atoms with Crippen LogP contribution < -0.4 is 0 Å². The van der Waals surface area contributed by atoms with Crippen molar-refractivity contribution in [3.8, 4) is 0 Å². The minimum absolute atomic E-state index is 0.0213. The van der Waals surface area contributed by atoms with Crippen molar-refractivity contribution in [2.75, 3.05) is 26.9 Å². The Kier molecular flexibility index (Phi) is 7.64. The molecule has 0 amide bonds. The Labute approximate surface area is 89.2 Å². The van der Waals surface area contributed by atoms with Crippen molar-refractivity contribution in [1.29, 1.82) is 0 Å². The molecule has 0 unspecified atom stereocenters. The lowest BCUT2D eigenvalue weighted by molar-refractivity contribution is -0.264. The van der Waals surface area contributed by atoms with Crippen LogP contribution in [0.25, 0.3) is 0 Å². The van der Waals surface area contributed by atoms with Gasteiger partial charge in [0, 0.05) is 0 Å². The summed E-state index contributed by atoms with van der Waals surface area (Å²) < 4.78 is 22.0. The summed E-state index contributed by atoms with van der Waals surface area (Å²) in [6.07, 6.45) is 0.658. The van der Waals surface area contributed by atoms with Crippen molar-refractivity contribution in [2.24, 2.45) is 0 Å². The van der Waals surface area contributed by atoms with Crippen molar-refractivity contribution in [2.45, 2.75) is 13.8 Å². The van der Waals surface area contributed by atoms with Crippen LogP contribution in [0.1, 0.15) is 13.8 Å². The number of hydrogen-bond acceptors (Lipinski definition) is 6. The molecular weight excluding hydrogens is 223 g/mol. The molecule has 0 atom stereocenters. The van der Waals surface area contributed by atoms with Crippen LogP contribution in [0.3, 0.4) is 0 Å². The summed E-state index contributed by atoms with van der Waals surface area (Å²) in [6, 6.07) is 0. The highest BCUT2D eigenvalue weighted by Crippen LogP contribution is 2.55. The molecule has 0 bridgehead atoms. The Morgan fingerprint density at radius 2 is 1.87 bits per heavy atom. The molecule has 0 saturated heterocycles. The molecular formula is C8H17O6P. The summed E-state index contributed by atoms with van der Waals surface area (Å²) in [7, 11) is -2.15. The van der Waals surface area contributed by atoms with Gasteiger partial charge in [0.05, 0.1) is 26.6 Å². The lowest BCUT2D eigenvalue weighted by Crippen LogP contribution is -2.04. The molecule has 0 radical (unpaired) electrons. The van der Waals surface area contributed by atoms with Crippen molar-refractivity contribution in [1.82, 2.24) is 0 Å². The summed E-state index contributed by atoms with van der Waals surface area (Å²) in [4.78, 5) is 8.91. The van der Waals surface area contributed by atoms with E-state index in [-0.39, 0.29) is 25.1 Å². The second-order valence-electron chi connectivity index (χ2n) is 2.38. The maximum Gasteiger partial charge on any atom is 0.362 e. The fraction of sp³-hybridized carbons (Fsp3) is 0.750. The molecule has 7 heteroatoms. The predicted octanol–water partition coefficient (Wildman–Crippen LogP) is 2.23. The second-order valence-corrected chi connectivity index (χ2v) is 4.47. The quantitative estimate of drug-likeness (QED) is 0.303. The van der Waals surface area contributed by atoms with Crippen molar-refractivity contribution >= 4 is 7.60 Å². The van der Waals surface area contributed by atoms with Crippen LogP contribution in [0.15, 0.2) is 11.6 Å². The minimum atomic E-state index is -3.45. The van der Waals surface area contributed by atoms with Gasteiger partial charge in [-0.3, -0.25) is 4.57 Å². The molecule has 0 rings (SSSR count). The Hall–Kier alpha value is -0.390. The van der Waals surface area contributed by atoms with Crippen LogP contribution in [0.5, 0.6) is 0 Å². The van der Waals surface area contributed by atoms with E-state index in [1.807, 2.05) is 0 Å². The van der Waals surface area contributed by atoms with Gasteiger partial charge in [-0.15, -0.1) is 0 Å². The third-order valence-corrected chi connectivity index (χ3v) is 3.57. The van der Waals surface area contributed by atoms with E-state index in [1.165, 1.54) is 7.11 Å². The van der Waals surface area contributed by atoms with Crippen LogP contribution >= 0.6 is 7.60 Å². The minimum Gasteiger partial charge on any atom is -0.515 e. The summed E-state index contributed by atoms with van der Waals surface area (Å²) in [5, 5.41) is 8.93. The molecule has 0 spiro atoms. The summed E-state index contributed by atoms with van der Waals surface area (Å²) in [6.45, 7) is 3.60. The first-order chi connectivity index (χ1) is 7.14. The van der Waals surface area contributed by atoms with Crippen molar-refractivity contribution < 1.29 is 28.5 Å². The Morgan fingerprint density at radius 1 is 1.33 bits per heavy atom. The van der Waals surface area contributed by atoms with Gasteiger partial charge >= 0.3 is 7.60 Å². The van der Waals surface area contributed by atoms with Crippen LogP contribution in [-0.2, 0) is 23.4 Å². The maximum atomic E-state index is 12.0. The third-order valence-electron chi connectivity index (χ3n) is 1.42. The maximum absolute atomic E-state index is 12.0. The van der Waals surface area contributed by atoms with E-state index >= 15 is 0 Å². The number of hydrogen-bond donors (Lipinski definition) is 1. The molecule has 0 aliphatic rings. The van der Waals surface area contributed by atoms with E-state index in [1.54, 1.807) is 13.8 Å². The Balaban J connectivity index is 4.63. The number of aliphatic hydroxyl groups is 1. The van der Waals surface area contributed by atoms with Crippen molar-refractivity contribution in [3.05, 3.63) is 11.6 Å². The van der Waals surface area contributed by atoms with Gasteiger partial charge in [-0.05, 0) is 13.8 Å². The molecule has 15 heavy (non-hydrogen) atoms. The van der Waals surface area contributed by atoms with E-state index in [2.05, 4.69) is 9.78 Å². The van der Waals surface area contributed by atoms with Crippen LogP contribution in [-0.4, -0.2) is 32.0 Å². The topological polar surface area (TPSA) is 74.2 Å². The summed E-state index contributed by atoms with van der Waals surface area (Å²) >= 11 is 0. The molecule has 0 fully saturated rings. The van der Waals surface area contributed by atoms with Gasteiger partial charge in [-0.2, -0.15) is 0 Å². The molecule has 0 aromatic heterocycles. The number of aliphatic hydroxyl groups excluding tert-OH is 1. The van der Waals surface area contributed by atoms with Crippen molar-refractivity contribution in [3.63, 3.8) is 0 Å². The Bertz CT molecular complexity index is 229. The smallest absolute Gasteiger partial charge is 0.362 e. The standard InChI is InChI=1S/C8H17O6P/c1-4-13-15(10,14-5-2)8(6-9)7-12-11-3/h6,9H,4-5,7H2,1-3H3/b8-6+. The molecule has 1 N–H and O–H groups in total. The molecule has 0 aromatic carbocycles. The monoisotopic (exact) mass is 240 g/mol. The van der Waals surface area contributed by atoms with E-state index < -0.39 is 7.60 Å². The Morgan fingerprint density at radius 3 is 2.20 bits per heavy atom. The molecule has 90 valence electrons. The predicted molar refractivity (Wildman–Crippen MR) is 54.5 cm³/mol. The molecule has 0 aliphatic heterocycles. The van der Waals surface area contributed by atoms with Gasteiger partial charge in [0.1, 0.15) is 11.9 Å². The fourth-order valence-electron chi connectivity index (χ4n) is 0.849. The number of rotatable bonds is 8. The zero-order chi connectivity index (χ0) is 11.7. The highest BCUT2D eigenvalue weighted by molar-refractivity contribution is 7.58. The zero-order valence-electron chi connectivity index (χ0n) is 9.13. The SMILES string of the molecule is CCOP(=O)(OCC)/C(=C/O)COOC. The normalized spacial score (nSPS) is 13.1. The third kappa shape index (κ3) is 4.77. The molecule has 6 nitrogen and oxygen atoms in total. The van der Waals surface area contributed by atoms with Crippen LogP contribution in [0, 0.1) is 0 Å². The first-order valence-corrected chi connectivity index (χ1v) is 6.07. The van der Waals surface area contributed by atoms with Gasteiger partial charge in [-0.1, -0.05) is 0 Å². The summed E-state index contributed by atoms with van der Waals surface area (Å²) in [5.41, 5.74) is 0. The van der Waals surface area contributed by atoms with Gasteiger partial charge in [0.15, 0.2) is 0 Å². The first kappa shape index (κ1) is 14.6. The van der Waals surface area contributed by atoms with E-state index in [0.29, 0.717) is 6.26 Å². The highest BCUT2D eigenvalue weighted by atomic mass is 31.2. The van der Waals surface area contributed by atoms with Gasteiger partial charge in [0.2, 0.25) is 0 Å². The zero-order valence-corrected chi connectivity index (χ0v) is 10.0. The fourth-order valence-corrected chi connectivity index (χ4v) is 2.29. The second kappa shape index (κ2) is 7.84. The van der Waals surface area contributed by atoms with E-state index in [4.69, 9.17) is 14.2 Å². The van der Waals surface area contributed by atoms with Gasteiger partial charge in [-0.25, -0.2) is 9.78 Å². The van der Waals surface area contributed by atoms with Gasteiger partial charge in [0.25, 0.3) is 0 Å². The van der Waals surface area contributed by atoms with Crippen LogP contribution in [0.4, 0.5) is 0 Å². The molecule has 0 aromatic rings.